The summed E-state index contributed by atoms with van der Waals surface area (Å²) >= 11 is 0. The first kappa shape index (κ1) is 12.5. The number of rotatable bonds is 4. The van der Waals surface area contributed by atoms with E-state index in [1.165, 1.54) is 12.8 Å². The molecule has 2 fully saturated rings. The van der Waals surface area contributed by atoms with Crippen molar-refractivity contribution in [3.63, 3.8) is 0 Å². The van der Waals surface area contributed by atoms with Crippen molar-refractivity contribution >= 4 is 11.6 Å². The van der Waals surface area contributed by atoms with Gasteiger partial charge in [-0.05, 0) is 32.1 Å². The summed E-state index contributed by atoms with van der Waals surface area (Å²) < 4.78 is 7.39. The Morgan fingerprint density at radius 2 is 2.37 bits per heavy atom. The maximum Gasteiger partial charge on any atom is 0.274 e. The predicted octanol–water partition coefficient (Wildman–Crippen LogP) is 0.782. The number of aromatic nitrogens is 2. The Morgan fingerprint density at radius 1 is 1.58 bits per heavy atom. The Balaban J connectivity index is 1.68. The molecule has 6 heteroatoms. The van der Waals surface area contributed by atoms with E-state index in [9.17, 15) is 4.79 Å². The van der Waals surface area contributed by atoms with E-state index < -0.39 is 0 Å². The molecule has 0 radical (unpaired) electrons. The van der Waals surface area contributed by atoms with E-state index in [-0.39, 0.29) is 18.1 Å². The minimum atomic E-state index is -0.189. The third-order valence-corrected chi connectivity index (χ3v) is 3.87. The molecule has 1 aliphatic heterocycles. The molecule has 0 spiro atoms. The predicted molar refractivity (Wildman–Crippen MR) is 70.6 cm³/mol. The van der Waals surface area contributed by atoms with Gasteiger partial charge in [-0.1, -0.05) is 0 Å². The van der Waals surface area contributed by atoms with Gasteiger partial charge in [0.25, 0.3) is 5.91 Å². The highest BCUT2D eigenvalue weighted by molar-refractivity contribution is 5.97. The van der Waals surface area contributed by atoms with Gasteiger partial charge in [0.05, 0.1) is 17.8 Å². The van der Waals surface area contributed by atoms with Gasteiger partial charge in [0.1, 0.15) is 0 Å². The number of aryl methyl sites for hydroxylation is 1. The van der Waals surface area contributed by atoms with Gasteiger partial charge in [-0.25, -0.2) is 0 Å². The van der Waals surface area contributed by atoms with Gasteiger partial charge in [-0.2, -0.15) is 5.10 Å². The molecule has 1 amide bonds. The summed E-state index contributed by atoms with van der Waals surface area (Å²) in [7, 11) is 0. The average molecular weight is 264 g/mol. The fourth-order valence-electron chi connectivity index (χ4n) is 2.67. The Morgan fingerprint density at radius 3 is 3.00 bits per heavy atom. The fourth-order valence-corrected chi connectivity index (χ4v) is 2.67. The van der Waals surface area contributed by atoms with Crippen LogP contribution in [0, 0.1) is 5.92 Å². The van der Waals surface area contributed by atoms with Crippen LogP contribution in [0.15, 0.2) is 6.20 Å². The Labute approximate surface area is 112 Å². The monoisotopic (exact) mass is 264 g/mol. The van der Waals surface area contributed by atoms with E-state index in [1.54, 1.807) is 10.9 Å². The van der Waals surface area contributed by atoms with Crippen LogP contribution >= 0.6 is 0 Å². The van der Waals surface area contributed by atoms with Gasteiger partial charge < -0.3 is 15.8 Å². The Bertz CT molecular complexity index is 481. The van der Waals surface area contributed by atoms with Gasteiger partial charge in [0, 0.05) is 19.3 Å². The summed E-state index contributed by atoms with van der Waals surface area (Å²) in [6, 6.07) is 0.103. The lowest BCUT2D eigenvalue weighted by atomic mass is 10.1. The van der Waals surface area contributed by atoms with Gasteiger partial charge in [0.15, 0.2) is 5.69 Å². The molecule has 1 aromatic rings. The number of hydrogen-bond acceptors (Lipinski definition) is 4. The molecule has 1 saturated carbocycles. The number of carbonyl (C=O) groups is 1. The fraction of sp³-hybridized carbons (Fsp3) is 0.692. The molecule has 1 aromatic heterocycles. The lowest BCUT2D eigenvalue weighted by molar-refractivity contribution is 0.0727. The second-order valence-corrected chi connectivity index (χ2v) is 5.33. The Kier molecular flexibility index (Phi) is 3.18. The third-order valence-electron chi connectivity index (χ3n) is 3.87. The summed E-state index contributed by atoms with van der Waals surface area (Å²) in [5.74, 6) is 0.434. The van der Waals surface area contributed by atoms with Crippen molar-refractivity contribution in [2.24, 2.45) is 5.92 Å². The SMILES string of the molecule is CCn1cc(N)c(C(=O)NC2CCOC2C2CC2)n1. The van der Waals surface area contributed by atoms with E-state index in [1.807, 2.05) is 6.92 Å². The number of nitrogens with two attached hydrogens (primary N) is 1. The van der Waals surface area contributed by atoms with Crippen LogP contribution < -0.4 is 11.1 Å². The summed E-state index contributed by atoms with van der Waals surface area (Å²) in [5, 5.41) is 7.22. The summed E-state index contributed by atoms with van der Waals surface area (Å²) in [6.07, 6.45) is 5.17. The minimum Gasteiger partial charge on any atom is -0.396 e. The smallest absolute Gasteiger partial charge is 0.274 e. The maximum absolute atomic E-state index is 12.2. The van der Waals surface area contributed by atoms with E-state index in [0.29, 0.717) is 23.8 Å². The highest BCUT2D eigenvalue weighted by Crippen LogP contribution is 2.38. The number of hydrogen-bond donors (Lipinski definition) is 2. The van der Waals surface area contributed by atoms with Crippen molar-refractivity contribution in [1.82, 2.24) is 15.1 Å². The topological polar surface area (TPSA) is 82.2 Å². The van der Waals surface area contributed by atoms with Crippen LogP contribution in [0.5, 0.6) is 0 Å². The van der Waals surface area contributed by atoms with Gasteiger partial charge >= 0.3 is 0 Å². The molecule has 2 atom stereocenters. The van der Waals surface area contributed by atoms with Gasteiger partial charge in [-0.3, -0.25) is 9.48 Å². The molecular weight excluding hydrogens is 244 g/mol. The number of carbonyl (C=O) groups excluding carboxylic acids is 1. The van der Waals surface area contributed by atoms with Gasteiger partial charge in [0.2, 0.25) is 0 Å². The second kappa shape index (κ2) is 4.85. The number of amides is 1. The molecule has 2 heterocycles. The number of nitrogens with one attached hydrogen (secondary N) is 1. The molecule has 1 aliphatic carbocycles. The molecule has 3 N–H and O–H groups in total. The first-order chi connectivity index (χ1) is 9.19. The lowest BCUT2D eigenvalue weighted by Gasteiger charge is -2.18. The van der Waals surface area contributed by atoms with Crippen LogP contribution in [-0.4, -0.2) is 34.4 Å². The average Bonchev–Trinajstić information content (AvgIpc) is 3.02. The Hall–Kier alpha value is -1.56. The normalized spacial score (nSPS) is 26.6. The molecule has 3 rings (SSSR count). The molecule has 0 bridgehead atoms. The molecule has 1 saturated heterocycles. The number of ether oxygens (including phenoxy) is 1. The van der Waals surface area contributed by atoms with Crippen molar-refractivity contribution in [1.29, 1.82) is 0 Å². The van der Waals surface area contributed by atoms with Crippen molar-refractivity contribution in [2.45, 2.75) is 44.9 Å². The zero-order valence-electron chi connectivity index (χ0n) is 11.1. The van der Waals surface area contributed by atoms with E-state index in [4.69, 9.17) is 10.5 Å². The summed E-state index contributed by atoms with van der Waals surface area (Å²) in [6.45, 7) is 3.39. The van der Waals surface area contributed by atoms with Gasteiger partial charge in [-0.15, -0.1) is 0 Å². The molecule has 2 unspecified atom stereocenters. The summed E-state index contributed by atoms with van der Waals surface area (Å²) in [4.78, 5) is 12.2. The number of anilines is 1. The number of nitrogens with zero attached hydrogens (tertiary/aromatic N) is 2. The molecule has 104 valence electrons. The van der Waals surface area contributed by atoms with E-state index >= 15 is 0 Å². The largest absolute Gasteiger partial charge is 0.396 e. The molecule has 2 aliphatic rings. The van der Waals surface area contributed by atoms with E-state index in [0.717, 1.165) is 13.0 Å². The zero-order valence-corrected chi connectivity index (χ0v) is 11.1. The van der Waals surface area contributed by atoms with Crippen molar-refractivity contribution in [2.75, 3.05) is 12.3 Å². The van der Waals surface area contributed by atoms with Crippen molar-refractivity contribution in [3.05, 3.63) is 11.9 Å². The van der Waals surface area contributed by atoms with Crippen LogP contribution in [0.3, 0.4) is 0 Å². The molecule has 0 aromatic carbocycles. The summed E-state index contributed by atoms with van der Waals surface area (Å²) in [5.41, 5.74) is 6.58. The lowest BCUT2D eigenvalue weighted by Crippen LogP contribution is -2.41. The quantitative estimate of drug-likeness (QED) is 0.842. The van der Waals surface area contributed by atoms with Crippen LogP contribution in [0.2, 0.25) is 0 Å². The van der Waals surface area contributed by atoms with Crippen LogP contribution in [0.1, 0.15) is 36.7 Å². The maximum atomic E-state index is 12.2. The molecular formula is C13H20N4O2. The standard InChI is InChI=1S/C13H20N4O2/c1-2-17-7-9(14)11(16-17)13(18)15-10-5-6-19-12(10)8-3-4-8/h7-8,10,12H,2-6,14H2,1H3,(H,15,18). The van der Waals surface area contributed by atoms with E-state index in [2.05, 4.69) is 10.4 Å². The highest BCUT2D eigenvalue weighted by atomic mass is 16.5. The first-order valence-corrected chi connectivity index (χ1v) is 6.94. The third kappa shape index (κ3) is 2.45. The van der Waals surface area contributed by atoms with Crippen LogP contribution in [0.4, 0.5) is 5.69 Å². The van der Waals surface area contributed by atoms with Crippen LogP contribution in [0.25, 0.3) is 0 Å². The van der Waals surface area contributed by atoms with Crippen molar-refractivity contribution < 1.29 is 9.53 Å². The highest BCUT2D eigenvalue weighted by Gasteiger charge is 2.41. The molecule has 19 heavy (non-hydrogen) atoms. The first-order valence-electron chi connectivity index (χ1n) is 6.94. The van der Waals surface area contributed by atoms with Crippen molar-refractivity contribution in [3.8, 4) is 0 Å². The number of nitrogen functional groups attached to an aromatic ring is 1. The molecule has 6 nitrogen and oxygen atoms in total. The zero-order chi connectivity index (χ0) is 13.4. The minimum absolute atomic E-state index is 0.103. The van der Waals surface area contributed by atoms with Crippen LogP contribution in [-0.2, 0) is 11.3 Å². The second-order valence-electron chi connectivity index (χ2n) is 5.33.